The third kappa shape index (κ3) is 3.03. The number of amides is 2. The topological polar surface area (TPSA) is 84.2 Å². The monoisotopic (exact) mass is 225 g/mol. The summed E-state index contributed by atoms with van der Waals surface area (Å²) in [6, 6.07) is 3.63. The van der Waals surface area contributed by atoms with Crippen LogP contribution in [-0.4, -0.2) is 25.4 Å². The number of benzene rings is 1. The molecule has 1 rings (SSSR count). The van der Waals surface area contributed by atoms with E-state index in [1.807, 2.05) is 0 Å². The first-order valence-electron chi connectivity index (χ1n) is 4.58. The van der Waals surface area contributed by atoms with Gasteiger partial charge in [0.1, 0.15) is 5.82 Å². The zero-order chi connectivity index (χ0) is 12.1. The molecule has 0 radical (unpaired) electrons. The first-order chi connectivity index (χ1) is 7.54. The summed E-state index contributed by atoms with van der Waals surface area (Å²) < 4.78 is 13.1. The van der Waals surface area contributed by atoms with Crippen LogP contribution in [0.1, 0.15) is 10.4 Å². The maximum Gasteiger partial charge on any atom is 0.251 e. The van der Waals surface area contributed by atoms with Crippen molar-refractivity contribution in [1.29, 1.82) is 0 Å². The van der Waals surface area contributed by atoms with Crippen molar-refractivity contribution in [2.45, 2.75) is 0 Å². The molecule has 0 saturated carbocycles. The maximum absolute atomic E-state index is 13.1. The van der Waals surface area contributed by atoms with Gasteiger partial charge in [-0.2, -0.15) is 0 Å². The van der Waals surface area contributed by atoms with E-state index in [4.69, 9.17) is 5.73 Å². The van der Waals surface area contributed by atoms with Crippen LogP contribution in [0.4, 0.5) is 10.1 Å². The molecule has 0 fully saturated rings. The van der Waals surface area contributed by atoms with Crippen LogP contribution in [0, 0.1) is 5.82 Å². The highest BCUT2D eigenvalue weighted by Crippen LogP contribution is 2.14. The number of carbonyl (C=O) groups is 2. The first kappa shape index (κ1) is 12.1. The molecule has 0 unspecified atom stereocenters. The Balaban J connectivity index is 2.87. The number of halogens is 1. The van der Waals surface area contributed by atoms with Gasteiger partial charge in [0.15, 0.2) is 0 Å². The molecular weight excluding hydrogens is 213 g/mol. The number of anilines is 1. The lowest BCUT2D eigenvalue weighted by Crippen LogP contribution is -2.25. The highest BCUT2D eigenvalue weighted by Gasteiger charge is 2.09. The zero-order valence-corrected chi connectivity index (χ0v) is 8.71. The van der Waals surface area contributed by atoms with Gasteiger partial charge in [0.2, 0.25) is 5.91 Å². The standard InChI is InChI=1S/C10H12FN3O2/c1-13-5-9(15)14-6-2-3-8(11)7(4-6)10(12)16/h2-4,13H,5H2,1H3,(H2,12,16)(H,14,15). The molecule has 1 aromatic rings. The number of primary amides is 1. The Bertz CT molecular complexity index is 421. The third-order valence-corrected chi connectivity index (χ3v) is 1.85. The second-order valence-electron chi connectivity index (χ2n) is 3.14. The van der Waals surface area contributed by atoms with Gasteiger partial charge in [-0.15, -0.1) is 0 Å². The molecule has 1 aromatic carbocycles. The molecule has 16 heavy (non-hydrogen) atoms. The summed E-state index contributed by atoms with van der Waals surface area (Å²) in [6.45, 7) is 0.128. The molecular formula is C10H12FN3O2. The Kier molecular flexibility index (Phi) is 3.96. The molecule has 0 heterocycles. The van der Waals surface area contributed by atoms with E-state index < -0.39 is 11.7 Å². The van der Waals surface area contributed by atoms with Crippen LogP contribution in [0.5, 0.6) is 0 Å². The summed E-state index contributed by atoms with van der Waals surface area (Å²) in [4.78, 5) is 22.0. The van der Waals surface area contributed by atoms with E-state index >= 15 is 0 Å². The van der Waals surface area contributed by atoms with Gasteiger partial charge >= 0.3 is 0 Å². The van der Waals surface area contributed by atoms with E-state index in [1.165, 1.54) is 12.1 Å². The molecule has 86 valence electrons. The van der Waals surface area contributed by atoms with Crippen LogP contribution in [0.2, 0.25) is 0 Å². The van der Waals surface area contributed by atoms with Crippen LogP contribution in [0.25, 0.3) is 0 Å². The molecule has 0 aromatic heterocycles. The Hall–Kier alpha value is -1.95. The molecule has 6 heteroatoms. The molecule has 0 aliphatic rings. The predicted octanol–water partition coefficient (Wildman–Crippen LogP) is 0.0825. The quantitative estimate of drug-likeness (QED) is 0.678. The summed E-state index contributed by atoms with van der Waals surface area (Å²) in [6.07, 6.45) is 0. The van der Waals surface area contributed by atoms with E-state index in [0.717, 1.165) is 6.07 Å². The van der Waals surface area contributed by atoms with Crippen molar-refractivity contribution in [1.82, 2.24) is 5.32 Å². The van der Waals surface area contributed by atoms with Crippen LogP contribution in [0.15, 0.2) is 18.2 Å². The molecule has 4 N–H and O–H groups in total. The van der Waals surface area contributed by atoms with E-state index in [-0.39, 0.29) is 18.0 Å². The van der Waals surface area contributed by atoms with E-state index in [0.29, 0.717) is 5.69 Å². The summed E-state index contributed by atoms with van der Waals surface area (Å²) in [5.74, 6) is -1.87. The Morgan fingerprint density at radius 3 is 2.69 bits per heavy atom. The lowest BCUT2D eigenvalue weighted by molar-refractivity contribution is -0.115. The minimum absolute atomic E-state index is 0.128. The Labute approximate surface area is 91.8 Å². The van der Waals surface area contributed by atoms with Crippen molar-refractivity contribution < 1.29 is 14.0 Å². The fourth-order valence-electron chi connectivity index (χ4n) is 1.16. The van der Waals surface area contributed by atoms with Gasteiger partial charge in [0.05, 0.1) is 12.1 Å². The number of hydrogen-bond acceptors (Lipinski definition) is 3. The number of rotatable bonds is 4. The van der Waals surface area contributed by atoms with Crippen molar-refractivity contribution in [2.75, 3.05) is 18.9 Å². The van der Waals surface area contributed by atoms with E-state index in [2.05, 4.69) is 10.6 Å². The van der Waals surface area contributed by atoms with E-state index in [9.17, 15) is 14.0 Å². The number of hydrogen-bond donors (Lipinski definition) is 3. The number of nitrogens with one attached hydrogen (secondary N) is 2. The van der Waals surface area contributed by atoms with E-state index in [1.54, 1.807) is 7.05 Å². The number of nitrogens with two attached hydrogens (primary N) is 1. The smallest absolute Gasteiger partial charge is 0.251 e. The fourth-order valence-corrected chi connectivity index (χ4v) is 1.16. The molecule has 0 atom stereocenters. The van der Waals surface area contributed by atoms with Crippen molar-refractivity contribution in [2.24, 2.45) is 5.73 Å². The first-order valence-corrected chi connectivity index (χ1v) is 4.58. The number of likely N-dealkylation sites (N-methyl/N-ethyl adjacent to an activating group) is 1. The predicted molar refractivity (Wildman–Crippen MR) is 57.5 cm³/mol. The molecule has 5 nitrogen and oxygen atoms in total. The molecule has 0 bridgehead atoms. The van der Waals surface area contributed by atoms with Gasteiger partial charge in [-0.1, -0.05) is 0 Å². The SMILES string of the molecule is CNCC(=O)Nc1ccc(F)c(C(N)=O)c1. The van der Waals surface area contributed by atoms with Gasteiger partial charge in [-0.25, -0.2) is 4.39 Å². The summed E-state index contributed by atoms with van der Waals surface area (Å²) in [5.41, 5.74) is 5.05. The number of carbonyl (C=O) groups excluding carboxylic acids is 2. The summed E-state index contributed by atoms with van der Waals surface area (Å²) in [7, 11) is 1.62. The zero-order valence-electron chi connectivity index (χ0n) is 8.71. The second kappa shape index (κ2) is 5.22. The van der Waals surface area contributed by atoms with Crippen molar-refractivity contribution in [3.05, 3.63) is 29.6 Å². The Morgan fingerprint density at radius 2 is 2.12 bits per heavy atom. The van der Waals surface area contributed by atoms with Crippen LogP contribution >= 0.6 is 0 Å². The molecule has 0 spiro atoms. The van der Waals surface area contributed by atoms with Gasteiger partial charge in [-0.3, -0.25) is 9.59 Å². The average molecular weight is 225 g/mol. The van der Waals surface area contributed by atoms with Gasteiger partial charge in [0, 0.05) is 5.69 Å². The Morgan fingerprint density at radius 1 is 1.44 bits per heavy atom. The highest BCUT2D eigenvalue weighted by atomic mass is 19.1. The highest BCUT2D eigenvalue weighted by molar-refractivity contribution is 5.96. The van der Waals surface area contributed by atoms with Crippen LogP contribution < -0.4 is 16.4 Å². The minimum atomic E-state index is -0.873. The lowest BCUT2D eigenvalue weighted by Gasteiger charge is -2.06. The van der Waals surface area contributed by atoms with Crippen molar-refractivity contribution in [3.8, 4) is 0 Å². The second-order valence-corrected chi connectivity index (χ2v) is 3.14. The maximum atomic E-state index is 13.1. The van der Waals surface area contributed by atoms with Crippen LogP contribution in [-0.2, 0) is 4.79 Å². The van der Waals surface area contributed by atoms with Crippen molar-refractivity contribution >= 4 is 17.5 Å². The summed E-state index contributed by atoms with van der Waals surface area (Å²) >= 11 is 0. The van der Waals surface area contributed by atoms with Gasteiger partial charge in [0.25, 0.3) is 5.91 Å². The molecule has 0 aliphatic carbocycles. The normalized spacial score (nSPS) is 9.88. The van der Waals surface area contributed by atoms with Gasteiger partial charge < -0.3 is 16.4 Å². The molecule has 0 aliphatic heterocycles. The molecule has 0 saturated heterocycles. The third-order valence-electron chi connectivity index (χ3n) is 1.85. The minimum Gasteiger partial charge on any atom is -0.366 e. The van der Waals surface area contributed by atoms with Crippen molar-refractivity contribution in [3.63, 3.8) is 0 Å². The lowest BCUT2D eigenvalue weighted by atomic mass is 10.2. The largest absolute Gasteiger partial charge is 0.366 e. The van der Waals surface area contributed by atoms with Crippen LogP contribution in [0.3, 0.4) is 0 Å². The van der Waals surface area contributed by atoms with Gasteiger partial charge in [-0.05, 0) is 25.2 Å². The fraction of sp³-hybridized carbons (Fsp3) is 0.200. The summed E-state index contributed by atoms with van der Waals surface area (Å²) in [5, 5.41) is 5.15. The molecule has 2 amide bonds. The average Bonchev–Trinajstić information content (AvgIpc) is 2.21.